The summed E-state index contributed by atoms with van der Waals surface area (Å²) in [5, 5.41) is 3.24. The lowest BCUT2D eigenvalue weighted by molar-refractivity contribution is -0.129. The van der Waals surface area contributed by atoms with Crippen molar-refractivity contribution in [2.45, 2.75) is 31.7 Å². The van der Waals surface area contributed by atoms with Crippen LogP contribution in [0.3, 0.4) is 0 Å². The number of piperidine rings is 1. The van der Waals surface area contributed by atoms with E-state index in [2.05, 4.69) is 20.1 Å². The van der Waals surface area contributed by atoms with Crippen LogP contribution in [0.4, 0.5) is 10.1 Å². The Morgan fingerprint density at radius 3 is 2.47 bits per heavy atom. The Labute approximate surface area is 199 Å². The van der Waals surface area contributed by atoms with E-state index in [1.807, 2.05) is 17.0 Å². The number of carbonyl (C=O) groups is 2. The van der Waals surface area contributed by atoms with E-state index < -0.39 is 0 Å². The smallest absolute Gasteiger partial charge is 0.255 e. The van der Waals surface area contributed by atoms with Crippen molar-refractivity contribution in [1.82, 2.24) is 20.1 Å². The van der Waals surface area contributed by atoms with Crippen molar-refractivity contribution in [3.8, 4) is 0 Å². The number of anilines is 1. The van der Waals surface area contributed by atoms with Gasteiger partial charge in [0.25, 0.3) is 5.91 Å². The summed E-state index contributed by atoms with van der Waals surface area (Å²) in [7, 11) is 0. The molecule has 7 nitrogen and oxygen atoms in total. The molecule has 3 saturated heterocycles. The van der Waals surface area contributed by atoms with Gasteiger partial charge in [-0.3, -0.25) is 19.5 Å². The number of amides is 2. The van der Waals surface area contributed by atoms with Gasteiger partial charge in [-0.1, -0.05) is 0 Å². The topological polar surface area (TPSA) is 68.8 Å². The summed E-state index contributed by atoms with van der Waals surface area (Å²) >= 11 is 0. The minimum Gasteiger partial charge on any atom is -0.369 e. The van der Waals surface area contributed by atoms with Gasteiger partial charge in [0.15, 0.2) is 0 Å². The highest BCUT2D eigenvalue weighted by Crippen LogP contribution is 2.41. The van der Waals surface area contributed by atoms with E-state index in [4.69, 9.17) is 0 Å². The Morgan fingerprint density at radius 1 is 1.06 bits per heavy atom. The molecule has 4 heterocycles. The number of nitrogens with one attached hydrogen (secondary N) is 1. The maximum Gasteiger partial charge on any atom is 0.255 e. The zero-order chi connectivity index (χ0) is 23.5. The molecule has 3 aliphatic rings. The first-order valence-corrected chi connectivity index (χ1v) is 12.3. The molecule has 1 N–H and O–H groups in total. The third kappa shape index (κ3) is 4.78. The predicted molar refractivity (Wildman–Crippen MR) is 128 cm³/mol. The van der Waals surface area contributed by atoms with Gasteiger partial charge in [0.2, 0.25) is 5.91 Å². The third-order valence-corrected chi connectivity index (χ3v) is 7.73. The first-order valence-electron chi connectivity index (χ1n) is 12.3. The lowest BCUT2D eigenvalue weighted by atomic mass is 9.75. The Hall–Kier alpha value is -3.00. The summed E-state index contributed by atoms with van der Waals surface area (Å²) in [6.07, 6.45) is 6.51. The first kappa shape index (κ1) is 22.8. The van der Waals surface area contributed by atoms with Crippen molar-refractivity contribution in [3.05, 3.63) is 60.2 Å². The fraction of sp³-hybridized carbons (Fsp3) is 0.500. The van der Waals surface area contributed by atoms with Gasteiger partial charge in [0, 0.05) is 69.9 Å². The molecule has 1 aromatic carbocycles. The Morgan fingerprint density at radius 2 is 1.79 bits per heavy atom. The zero-order valence-electron chi connectivity index (χ0n) is 19.5. The molecule has 2 amide bonds. The molecule has 2 aromatic rings. The number of halogens is 1. The van der Waals surface area contributed by atoms with E-state index in [1.165, 1.54) is 12.1 Å². The molecule has 0 saturated carbocycles. The standard InChI is InChI=1S/C26H32FN5O2/c27-21-3-5-23(6-4-21)31-16-14-30(15-17-31)11-7-22-18-26(25(34)29-22)8-12-32(13-9-26)24(33)20-2-1-10-28-19-20/h1-6,10,19,22H,7-9,11-18H2,(H,29,34)/t22-/m0/s1. The highest BCUT2D eigenvalue weighted by Gasteiger charge is 2.48. The van der Waals surface area contributed by atoms with Gasteiger partial charge in [0.05, 0.1) is 11.0 Å². The summed E-state index contributed by atoms with van der Waals surface area (Å²) in [5.41, 5.74) is 1.34. The number of piperazine rings is 1. The molecule has 0 aliphatic carbocycles. The summed E-state index contributed by atoms with van der Waals surface area (Å²) in [4.78, 5) is 36.3. The van der Waals surface area contributed by atoms with E-state index in [1.54, 1.807) is 24.5 Å². The molecule has 1 spiro atoms. The largest absolute Gasteiger partial charge is 0.369 e. The van der Waals surface area contributed by atoms with Crippen LogP contribution in [0.15, 0.2) is 48.8 Å². The van der Waals surface area contributed by atoms with Crippen molar-refractivity contribution in [2.24, 2.45) is 5.41 Å². The summed E-state index contributed by atoms with van der Waals surface area (Å²) in [6, 6.07) is 10.5. The van der Waals surface area contributed by atoms with Crippen molar-refractivity contribution in [2.75, 3.05) is 50.7 Å². The summed E-state index contributed by atoms with van der Waals surface area (Å²) in [6.45, 7) is 5.96. The van der Waals surface area contributed by atoms with Gasteiger partial charge in [-0.15, -0.1) is 0 Å². The fourth-order valence-electron chi connectivity index (χ4n) is 5.59. The maximum absolute atomic E-state index is 13.2. The van der Waals surface area contributed by atoms with Crippen LogP contribution in [0.25, 0.3) is 0 Å². The van der Waals surface area contributed by atoms with E-state index in [0.29, 0.717) is 18.7 Å². The number of carbonyl (C=O) groups excluding carboxylic acids is 2. The number of benzene rings is 1. The average Bonchev–Trinajstić information content (AvgIpc) is 3.18. The zero-order valence-corrected chi connectivity index (χ0v) is 19.5. The monoisotopic (exact) mass is 465 g/mol. The molecule has 0 unspecified atom stereocenters. The number of nitrogens with zero attached hydrogens (tertiary/aromatic N) is 4. The number of hydrogen-bond donors (Lipinski definition) is 1. The second-order valence-electron chi connectivity index (χ2n) is 9.78. The van der Waals surface area contributed by atoms with Crippen LogP contribution >= 0.6 is 0 Å². The first-order chi connectivity index (χ1) is 16.5. The lowest BCUT2D eigenvalue weighted by Crippen LogP contribution is -2.47. The molecule has 3 fully saturated rings. The number of rotatable bonds is 5. The number of hydrogen-bond acceptors (Lipinski definition) is 5. The Balaban J connectivity index is 1.08. The van der Waals surface area contributed by atoms with Gasteiger partial charge >= 0.3 is 0 Å². The van der Waals surface area contributed by atoms with Gasteiger partial charge in [-0.25, -0.2) is 4.39 Å². The highest BCUT2D eigenvalue weighted by atomic mass is 19.1. The van der Waals surface area contributed by atoms with Gasteiger partial charge in [0.1, 0.15) is 5.82 Å². The molecule has 0 radical (unpaired) electrons. The predicted octanol–water partition coefficient (Wildman–Crippen LogP) is 2.54. The van der Waals surface area contributed by atoms with E-state index in [0.717, 1.165) is 64.1 Å². The number of likely N-dealkylation sites (tertiary alicyclic amines) is 1. The fourth-order valence-corrected chi connectivity index (χ4v) is 5.59. The molecule has 180 valence electrons. The van der Waals surface area contributed by atoms with Crippen LogP contribution in [0, 0.1) is 11.2 Å². The third-order valence-electron chi connectivity index (χ3n) is 7.73. The van der Waals surface area contributed by atoms with Crippen LogP contribution in [-0.2, 0) is 4.79 Å². The normalized spacial score (nSPS) is 22.7. The highest BCUT2D eigenvalue weighted by molar-refractivity contribution is 5.94. The Bertz CT molecular complexity index is 1000. The van der Waals surface area contributed by atoms with Gasteiger partial charge < -0.3 is 15.1 Å². The van der Waals surface area contributed by atoms with E-state index in [-0.39, 0.29) is 29.1 Å². The van der Waals surface area contributed by atoms with Crippen molar-refractivity contribution >= 4 is 17.5 Å². The quantitative estimate of drug-likeness (QED) is 0.735. The summed E-state index contributed by atoms with van der Waals surface area (Å²) < 4.78 is 13.2. The van der Waals surface area contributed by atoms with Crippen molar-refractivity contribution in [3.63, 3.8) is 0 Å². The van der Waals surface area contributed by atoms with Crippen molar-refractivity contribution < 1.29 is 14.0 Å². The molecule has 5 rings (SSSR count). The Kier molecular flexibility index (Phi) is 6.50. The molecule has 0 bridgehead atoms. The second-order valence-corrected chi connectivity index (χ2v) is 9.78. The van der Waals surface area contributed by atoms with Crippen LogP contribution < -0.4 is 10.2 Å². The molecule has 34 heavy (non-hydrogen) atoms. The van der Waals surface area contributed by atoms with Gasteiger partial charge in [-0.05, 0) is 62.1 Å². The molecular formula is C26H32FN5O2. The molecule has 1 aromatic heterocycles. The minimum atomic E-state index is -0.336. The average molecular weight is 466 g/mol. The van der Waals surface area contributed by atoms with E-state index in [9.17, 15) is 14.0 Å². The SMILES string of the molecule is O=C(c1cccnc1)N1CCC2(CC1)C[C@H](CCN1CCN(c3ccc(F)cc3)CC1)NC2=O. The molecule has 1 atom stereocenters. The van der Waals surface area contributed by atoms with Gasteiger partial charge in [-0.2, -0.15) is 0 Å². The minimum absolute atomic E-state index is 0.00214. The van der Waals surface area contributed by atoms with E-state index >= 15 is 0 Å². The maximum atomic E-state index is 13.2. The summed E-state index contributed by atoms with van der Waals surface area (Å²) in [5.74, 6) is -0.0469. The molecular weight excluding hydrogens is 433 g/mol. The van der Waals surface area contributed by atoms with Crippen molar-refractivity contribution in [1.29, 1.82) is 0 Å². The number of aromatic nitrogens is 1. The van der Waals surface area contributed by atoms with Crippen LogP contribution in [0.1, 0.15) is 36.0 Å². The molecule has 8 heteroatoms. The molecule has 3 aliphatic heterocycles. The number of pyridine rings is 1. The van der Waals surface area contributed by atoms with Crippen LogP contribution in [0.2, 0.25) is 0 Å². The van der Waals surface area contributed by atoms with Crippen LogP contribution in [0.5, 0.6) is 0 Å². The van der Waals surface area contributed by atoms with Crippen LogP contribution in [-0.4, -0.2) is 78.5 Å². The second kappa shape index (κ2) is 9.70. The lowest BCUT2D eigenvalue weighted by Gasteiger charge is -2.37.